The molecule has 2 saturated heterocycles. The number of halogens is 6. The Hall–Kier alpha value is -2.30. The van der Waals surface area contributed by atoms with Crippen molar-refractivity contribution in [3.63, 3.8) is 0 Å². The first kappa shape index (κ1) is 23.4. The van der Waals surface area contributed by atoms with Crippen molar-refractivity contribution in [3.8, 4) is 0 Å². The van der Waals surface area contributed by atoms with Crippen LogP contribution in [0.15, 0.2) is 18.2 Å². The van der Waals surface area contributed by atoms with Gasteiger partial charge in [0.2, 0.25) is 11.8 Å². The lowest BCUT2D eigenvalue weighted by Crippen LogP contribution is -2.47. The molecule has 1 aromatic carbocycles. The van der Waals surface area contributed by atoms with E-state index in [0.29, 0.717) is 38.1 Å². The number of carbonyl (C=O) groups excluding carboxylic acids is 2. The maximum Gasteiger partial charge on any atom is 0.416 e. The summed E-state index contributed by atoms with van der Waals surface area (Å²) in [5, 5.41) is 5.30. The summed E-state index contributed by atoms with van der Waals surface area (Å²) in [6, 6.07) is 0.816. The van der Waals surface area contributed by atoms with Crippen LogP contribution in [0.1, 0.15) is 43.2 Å². The highest BCUT2D eigenvalue weighted by molar-refractivity contribution is 5.91. The number of rotatable bonds is 4. The average molecular weight is 451 g/mol. The fraction of sp³-hybridized carbons (Fsp3) is 0.600. The van der Waals surface area contributed by atoms with Gasteiger partial charge in [0.05, 0.1) is 17.2 Å². The van der Waals surface area contributed by atoms with Crippen LogP contribution in [0.3, 0.4) is 0 Å². The smallest absolute Gasteiger partial charge is 0.341 e. The van der Waals surface area contributed by atoms with Gasteiger partial charge in [-0.15, -0.1) is 0 Å². The number of benzene rings is 1. The van der Waals surface area contributed by atoms with Crippen molar-refractivity contribution in [2.75, 3.05) is 25.0 Å². The second-order valence-corrected chi connectivity index (χ2v) is 7.96. The molecule has 1 aromatic rings. The molecule has 2 aliphatic heterocycles. The Morgan fingerprint density at radius 3 is 2.03 bits per heavy atom. The molecule has 0 spiro atoms. The molecule has 31 heavy (non-hydrogen) atoms. The number of amides is 2. The molecule has 1 atom stereocenters. The van der Waals surface area contributed by atoms with Crippen molar-refractivity contribution in [3.05, 3.63) is 29.3 Å². The SMILES string of the molecule is O=C(CC1CCN(C(=O)[C@H]2CCCN2)CC1)Nc1cc(C(F)(F)F)cc(C(F)(F)F)c1. The van der Waals surface area contributed by atoms with E-state index in [1.165, 1.54) is 0 Å². The largest absolute Gasteiger partial charge is 0.416 e. The number of piperidine rings is 1. The van der Waals surface area contributed by atoms with Crippen LogP contribution in [0.25, 0.3) is 0 Å². The molecule has 2 amide bonds. The number of nitrogens with one attached hydrogen (secondary N) is 2. The van der Waals surface area contributed by atoms with E-state index in [1.807, 2.05) is 0 Å². The van der Waals surface area contributed by atoms with Gasteiger partial charge in [0.1, 0.15) is 0 Å². The monoisotopic (exact) mass is 451 g/mol. The van der Waals surface area contributed by atoms with Crippen LogP contribution >= 0.6 is 0 Å². The van der Waals surface area contributed by atoms with Crippen molar-refractivity contribution in [1.29, 1.82) is 0 Å². The van der Waals surface area contributed by atoms with Gasteiger partial charge in [-0.3, -0.25) is 9.59 Å². The van der Waals surface area contributed by atoms with Crippen LogP contribution in [0.2, 0.25) is 0 Å². The molecule has 0 radical (unpaired) electrons. The van der Waals surface area contributed by atoms with E-state index in [0.717, 1.165) is 19.4 Å². The molecule has 0 saturated carbocycles. The number of carbonyl (C=O) groups is 2. The van der Waals surface area contributed by atoms with Gasteiger partial charge < -0.3 is 15.5 Å². The third-order valence-corrected chi connectivity index (χ3v) is 5.63. The Labute approximate surface area is 175 Å². The summed E-state index contributed by atoms with van der Waals surface area (Å²) in [7, 11) is 0. The lowest BCUT2D eigenvalue weighted by molar-refractivity contribution is -0.143. The fourth-order valence-corrected chi connectivity index (χ4v) is 3.97. The number of alkyl halides is 6. The lowest BCUT2D eigenvalue weighted by atomic mass is 9.92. The molecule has 2 fully saturated rings. The van der Waals surface area contributed by atoms with Crippen LogP contribution in [-0.4, -0.2) is 42.4 Å². The molecule has 0 unspecified atom stereocenters. The fourth-order valence-electron chi connectivity index (χ4n) is 3.97. The van der Waals surface area contributed by atoms with E-state index in [1.54, 1.807) is 4.90 Å². The van der Waals surface area contributed by atoms with E-state index >= 15 is 0 Å². The summed E-state index contributed by atoms with van der Waals surface area (Å²) in [5.41, 5.74) is -3.51. The zero-order valence-electron chi connectivity index (χ0n) is 16.6. The van der Waals surface area contributed by atoms with Crippen molar-refractivity contribution in [1.82, 2.24) is 10.2 Å². The Bertz CT molecular complexity index is 778. The van der Waals surface area contributed by atoms with Gasteiger partial charge in [0, 0.05) is 25.2 Å². The number of nitrogens with zero attached hydrogens (tertiary/aromatic N) is 1. The Morgan fingerprint density at radius 2 is 1.55 bits per heavy atom. The van der Waals surface area contributed by atoms with Gasteiger partial charge in [-0.2, -0.15) is 26.3 Å². The molecule has 172 valence electrons. The van der Waals surface area contributed by atoms with Gasteiger partial charge in [0.15, 0.2) is 0 Å². The van der Waals surface area contributed by atoms with Gasteiger partial charge in [0.25, 0.3) is 0 Å². The molecule has 11 heteroatoms. The molecule has 2 aliphatic rings. The molecule has 2 heterocycles. The summed E-state index contributed by atoms with van der Waals surface area (Å²) >= 11 is 0. The first-order valence-corrected chi connectivity index (χ1v) is 10.0. The molecule has 2 N–H and O–H groups in total. The van der Waals surface area contributed by atoms with E-state index < -0.39 is 35.1 Å². The zero-order valence-corrected chi connectivity index (χ0v) is 16.6. The molecule has 0 bridgehead atoms. The van der Waals surface area contributed by atoms with Gasteiger partial charge in [-0.05, 0) is 56.3 Å². The highest BCUT2D eigenvalue weighted by Gasteiger charge is 2.37. The minimum Gasteiger partial charge on any atom is -0.341 e. The predicted octanol–water partition coefficient (Wildman–Crippen LogP) is 4.04. The van der Waals surface area contributed by atoms with Gasteiger partial charge in [-0.25, -0.2) is 0 Å². The number of likely N-dealkylation sites (tertiary alicyclic amines) is 1. The van der Waals surface area contributed by atoms with Crippen molar-refractivity contribution in [2.24, 2.45) is 5.92 Å². The maximum absolute atomic E-state index is 12.9. The first-order chi connectivity index (χ1) is 14.4. The Balaban J connectivity index is 1.58. The minimum atomic E-state index is -4.98. The third kappa shape index (κ3) is 6.11. The van der Waals surface area contributed by atoms with Crippen molar-refractivity contribution in [2.45, 2.75) is 50.5 Å². The Morgan fingerprint density at radius 1 is 0.968 bits per heavy atom. The third-order valence-electron chi connectivity index (χ3n) is 5.63. The topological polar surface area (TPSA) is 61.4 Å². The summed E-state index contributed by atoms with van der Waals surface area (Å²) in [6.07, 6.45) is -7.18. The average Bonchev–Trinajstić information content (AvgIpc) is 3.21. The minimum absolute atomic E-state index is 0.0155. The van der Waals surface area contributed by atoms with E-state index in [9.17, 15) is 35.9 Å². The summed E-state index contributed by atoms with van der Waals surface area (Å²) in [4.78, 5) is 26.4. The van der Waals surface area contributed by atoms with Crippen molar-refractivity contribution < 1.29 is 35.9 Å². The van der Waals surface area contributed by atoms with Gasteiger partial charge in [-0.1, -0.05) is 0 Å². The predicted molar refractivity (Wildman–Crippen MR) is 100 cm³/mol. The standard InChI is InChI=1S/C20H23F6N3O2/c21-19(22,23)13-9-14(20(24,25)26)11-15(10-13)28-17(30)8-12-3-6-29(7-4-12)18(31)16-2-1-5-27-16/h9-12,16,27H,1-8H2,(H,28,30)/t16-/m1/s1. The quantitative estimate of drug-likeness (QED) is 0.680. The second-order valence-electron chi connectivity index (χ2n) is 7.96. The second kappa shape index (κ2) is 9.05. The van der Waals surface area contributed by atoms with E-state index in [-0.39, 0.29) is 30.4 Å². The normalized spacial score (nSPS) is 20.7. The van der Waals surface area contributed by atoms with Crippen LogP contribution in [0.4, 0.5) is 32.0 Å². The molecular formula is C20H23F6N3O2. The van der Waals surface area contributed by atoms with Crippen LogP contribution in [0, 0.1) is 5.92 Å². The Kier molecular flexibility index (Phi) is 6.82. The summed E-state index contributed by atoms with van der Waals surface area (Å²) in [5.74, 6) is -0.729. The highest BCUT2D eigenvalue weighted by Crippen LogP contribution is 2.37. The van der Waals surface area contributed by atoms with Crippen LogP contribution in [-0.2, 0) is 21.9 Å². The number of anilines is 1. The molecule has 3 rings (SSSR count). The number of hydrogen-bond donors (Lipinski definition) is 2. The van der Waals surface area contributed by atoms with E-state index in [2.05, 4.69) is 10.6 Å². The van der Waals surface area contributed by atoms with Gasteiger partial charge >= 0.3 is 12.4 Å². The molecular weight excluding hydrogens is 428 g/mol. The zero-order chi connectivity index (χ0) is 22.8. The first-order valence-electron chi connectivity index (χ1n) is 10.0. The van der Waals surface area contributed by atoms with Crippen LogP contribution < -0.4 is 10.6 Å². The lowest BCUT2D eigenvalue weighted by Gasteiger charge is -2.33. The summed E-state index contributed by atoms with van der Waals surface area (Å²) in [6.45, 7) is 1.74. The number of hydrogen-bond acceptors (Lipinski definition) is 3. The highest BCUT2D eigenvalue weighted by atomic mass is 19.4. The molecule has 5 nitrogen and oxygen atoms in total. The maximum atomic E-state index is 12.9. The summed E-state index contributed by atoms with van der Waals surface area (Å²) < 4.78 is 77.7. The van der Waals surface area contributed by atoms with E-state index in [4.69, 9.17) is 0 Å². The molecule has 0 aliphatic carbocycles. The molecule has 0 aromatic heterocycles. The van der Waals surface area contributed by atoms with Crippen LogP contribution in [0.5, 0.6) is 0 Å². The van der Waals surface area contributed by atoms with Crippen molar-refractivity contribution >= 4 is 17.5 Å².